The summed E-state index contributed by atoms with van der Waals surface area (Å²) in [6, 6.07) is 4.92. The molecule has 1 aromatic heterocycles. The molecular formula is C17H23NO3. The van der Waals surface area contributed by atoms with Crippen LogP contribution in [0, 0.1) is 0 Å². The summed E-state index contributed by atoms with van der Waals surface area (Å²) in [7, 11) is 0. The SMILES string of the molecule is CCCCc1cn(CCCO)cc1-c1ccc(O)c(O)c1. The van der Waals surface area contributed by atoms with E-state index in [1.54, 1.807) is 6.07 Å². The summed E-state index contributed by atoms with van der Waals surface area (Å²) in [6.07, 6.45) is 8.11. The molecule has 0 spiro atoms. The molecule has 0 aliphatic rings. The van der Waals surface area contributed by atoms with Crippen molar-refractivity contribution in [2.75, 3.05) is 6.61 Å². The maximum absolute atomic E-state index is 9.69. The van der Waals surface area contributed by atoms with Crippen molar-refractivity contribution in [3.8, 4) is 22.6 Å². The van der Waals surface area contributed by atoms with Gasteiger partial charge in [0.2, 0.25) is 0 Å². The van der Waals surface area contributed by atoms with Gasteiger partial charge in [0, 0.05) is 31.1 Å². The van der Waals surface area contributed by atoms with Crippen LogP contribution in [0.25, 0.3) is 11.1 Å². The number of nitrogens with zero attached hydrogens (tertiary/aromatic N) is 1. The van der Waals surface area contributed by atoms with Crippen LogP contribution in [0.4, 0.5) is 0 Å². The van der Waals surface area contributed by atoms with Crippen molar-refractivity contribution < 1.29 is 15.3 Å². The fourth-order valence-corrected chi connectivity index (χ4v) is 2.46. The summed E-state index contributed by atoms with van der Waals surface area (Å²) in [5.41, 5.74) is 3.22. The van der Waals surface area contributed by atoms with E-state index in [9.17, 15) is 10.2 Å². The number of phenolic OH excluding ortho intramolecular Hbond substituents is 2. The van der Waals surface area contributed by atoms with E-state index in [2.05, 4.69) is 17.7 Å². The molecule has 0 aliphatic carbocycles. The third-order valence-corrected chi connectivity index (χ3v) is 3.62. The standard InChI is InChI=1S/C17H23NO3/c1-2-3-5-14-11-18(8-4-9-19)12-15(14)13-6-7-16(20)17(21)10-13/h6-7,10-12,19-21H,2-5,8-9H2,1H3. The smallest absolute Gasteiger partial charge is 0.158 e. The molecule has 0 bridgehead atoms. The highest BCUT2D eigenvalue weighted by molar-refractivity contribution is 5.69. The number of aliphatic hydroxyl groups is 1. The second-order valence-electron chi connectivity index (χ2n) is 5.32. The van der Waals surface area contributed by atoms with E-state index in [-0.39, 0.29) is 18.1 Å². The number of rotatable bonds is 7. The summed E-state index contributed by atoms with van der Waals surface area (Å²) < 4.78 is 2.08. The van der Waals surface area contributed by atoms with Crippen LogP contribution in [0.2, 0.25) is 0 Å². The van der Waals surface area contributed by atoms with Gasteiger partial charge in [0.15, 0.2) is 11.5 Å². The minimum absolute atomic E-state index is 0.1000. The molecule has 2 rings (SSSR count). The lowest BCUT2D eigenvalue weighted by Crippen LogP contribution is -1.96. The normalized spacial score (nSPS) is 11.0. The molecule has 1 aromatic carbocycles. The van der Waals surface area contributed by atoms with Crippen molar-refractivity contribution in [2.24, 2.45) is 0 Å². The molecule has 1 heterocycles. The molecule has 0 saturated carbocycles. The number of aromatic hydroxyl groups is 2. The lowest BCUT2D eigenvalue weighted by Gasteiger charge is -2.05. The van der Waals surface area contributed by atoms with Crippen molar-refractivity contribution in [2.45, 2.75) is 39.2 Å². The van der Waals surface area contributed by atoms with Crippen LogP contribution < -0.4 is 0 Å². The second-order valence-corrected chi connectivity index (χ2v) is 5.32. The Bertz CT molecular complexity index is 590. The maximum Gasteiger partial charge on any atom is 0.158 e. The summed E-state index contributed by atoms with van der Waals surface area (Å²) in [6.45, 7) is 3.12. The molecular weight excluding hydrogens is 266 g/mol. The number of unbranched alkanes of at least 4 members (excludes halogenated alkanes) is 1. The van der Waals surface area contributed by atoms with Crippen LogP contribution in [-0.2, 0) is 13.0 Å². The minimum Gasteiger partial charge on any atom is -0.504 e. The average molecular weight is 289 g/mol. The molecule has 21 heavy (non-hydrogen) atoms. The number of hydrogen-bond acceptors (Lipinski definition) is 3. The Labute approximate surface area is 125 Å². The number of aromatic nitrogens is 1. The molecule has 0 saturated heterocycles. The van der Waals surface area contributed by atoms with Gasteiger partial charge in [-0.05, 0) is 42.5 Å². The fourth-order valence-electron chi connectivity index (χ4n) is 2.46. The molecule has 0 unspecified atom stereocenters. The summed E-state index contributed by atoms with van der Waals surface area (Å²) in [4.78, 5) is 0. The van der Waals surface area contributed by atoms with E-state index in [0.717, 1.165) is 43.4 Å². The molecule has 0 radical (unpaired) electrons. The molecule has 114 valence electrons. The van der Waals surface area contributed by atoms with Gasteiger partial charge in [0.25, 0.3) is 0 Å². The predicted molar refractivity (Wildman–Crippen MR) is 83.5 cm³/mol. The van der Waals surface area contributed by atoms with Gasteiger partial charge in [0.05, 0.1) is 0 Å². The van der Waals surface area contributed by atoms with Gasteiger partial charge in [-0.3, -0.25) is 0 Å². The Morgan fingerprint density at radius 2 is 1.86 bits per heavy atom. The van der Waals surface area contributed by atoms with Crippen LogP contribution in [0.3, 0.4) is 0 Å². The summed E-state index contributed by atoms with van der Waals surface area (Å²) in [5, 5.41) is 28.1. The summed E-state index contributed by atoms with van der Waals surface area (Å²) in [5.74, 6) is -0.203. The largest absolute Gasteiger partial charge is 0.504 e. The molecule has 3 N–H and O–H groups in total. The lowest BCUT2D eigenvalue weighted by atomic mass is 10.0. The molecule has 4 heteroatoms. The monoisotopic (exact) mass is 289 g/mol. The third-order valence-electron chi connectivity index (χ3n) is 3.62. The van der Waals surface area contributed by atoms with Crippen molar-refractivity contribution >= 4 is 0 Å². The van der Waals surface area contributed by atoms with E-state index >= 15 is 0 Å². The highest BCUT2D eigenvalue weighted by Crippen LogP contribution is 2.33. The van der Waals surface area contributed by atoms with Crippen LogP contribution in [-0.4, -0.2) is 26.5 Å². The Hall–Kier alpha value is -1.94. The van der Waals surface area contributed by atoms with E-state index in [1.807, 2.05) is 12.3 Å². The van der Waals surface area contributed by atoms with Gasteiger partial charge in [-0.25, -0.2) is 0 Å². The highest BCUT2D eigenvalue weighted by atomic mass is 16.3. The van der Waals surface area contributed by atoms with Crippen LogP contribution >= 0.6 is 0 Å². The first-order chi connectivity index (χ1) is 10.2. The maximum atomic E-state index is 9.69. The van der Waals surface area contributed by atoms with Crippen molar-refractivity contribution in [1.29, 1.82) is 0 Å². The molecule has 0 fully saturated rings. The highest BCUT2D eigenvalue weighted by Gasteiger charge is 2.11. The topological polar surface area (TPSA) is 65.6 Å². The molecule has 0 atom stereocenters. The average Bonchev–Trinajstić information content (AvgIpc) is 2.89. The van der Waals surface area contributed by atoms with Crippen molar-refractivity contribution in [3.63, 3.8) is 0 Å². The van der Waals surface area contributed by atoms with Gasteiger partial charge in [0.1, 0.15) is 0 Å². The van der Waals surface area contributed by atoms with Crippen molar-refractivity contribution in [3.05, 3.63) is 36.2 Å². The van der Waals surface area contributed by atoms with E-state index < -0.39 is 0 Å². The zero-order valence-corrected chi connectivity index (χ0v) is 12.4. The first-order valence-electron chi connectivity index (χ1n) is 7.47. The van der Waals surface area contributed by atoms with Crippen LogP contribution in [0.1, 0.15) is 31.7 Å². The Morgan fingerprint density at radius 1 is 1.05 bits per heavy atom. The Balaban J connectivity index is 2.34. The van der Waals surface area contributed by atoms with Crippen LogP contribution in [0.15, 0.2) is 30.6 Å². The number of phenols is 2. The second kappa shape index (κ2) is 7.18. The summed E-state index contributed by atoms with van der Waals surface area (Å²) >= 11 is 0. The Kier molecular flexibility index (Phi) is 5.28. The van der Waals surface area contributed by atoms with Gasteiger partial charge < -0.3 is 19.9 Å². The number of aryl methyl sites for hydroxylation is 2. The Morgan fingerprint density at radius 3 is 2.52 bits per heavy atom. The molecule has 2 aromatic rings. The number of hydrogen-bond donors (Lipinski definition) is 3. The van der Waals surface area contributed by atoms with Gasteiger partial charge in [-0.1, -0.05) is 19.4 Å². The number of benzene rings is 1. The lowest BCUT2D eigenvalue weighted by molar-refractivity contribution is 0.280. The third kappa shape index (κ3) is 3.79. The van der Waals surface area contributed by atoms with Crippen LogP contribution in [0.5, 0.6) is 11.5 Å². The van der Waals surface area contributed by atoms with Gasteiger partial charge >= 0.3 is 0 Å². The predicted octanol–water partition coefficient (Wildman–Crippen LogP) is 3.29. The zero-order chi connectivity index (χ0) is 15.2. The van der Waals surface area contributed by atoms with Crippen molar-refractivity contribution in [1.82, 2.24) is 4.57 Å². The first-order valence-corrected chi connectivity index (χ1v) is 7.47. The number of aliphatic hydroxyl groups excluding tert-OH is 1. The van der Waals surface area contributed by atoms with Gasteiger partial charge in [-0.2, -0.15) is 0 Å². The fraction of sp³-hybridized carbons (Fsp3) is 0.412. The molecule has 0 aliphatic heterocycles. The quantitative estimate of drug-likeness (QED) is 0.685. The first kappa shape index (κ1) is 15.4. The zero-order valence-electron chi connectivity index (χ0n) is 12.4. The van der Waals surface area contributed by atoms with E-state index in [1.165, 1.54) is 11.6 Å². The van der Waals surface area contributed by atoms with E-state index in [0.29, 0.717) is 0 Å². The van der Waals surface area contributed by atoms with E-state index in [4.69, 9.17) is 5.11 Å². The minimum atomic E-state index is -0.103. The molecule has 4 nitrogen and oxygen atoms in total. The molecule has 0 amide bonds. The van der Waals surface area contributed by atoms with Gasteiger partial charge in [-0.15, -0.1) is 0 Å².